The fraction of sp³-hybridized carbons (Fsp3) is 0.316. The number of rotatable bonds is 5. The molecule has 0 heterocycles. The average molecular weight is 377 g/mol. The molecule has 0 saturated heterocycles. The molecular weight excluding hydrogens is 356 g/mol. The van der Waals surface area contributed by atoms with Gasteiger partial charge in [0, 0.05) is 16.5 Å². The normalized spacial score (nSPS) is 10.5. The van der Waals surface area contributed by atoms with Crippen molar-refractivity contribution in [2.75, 3.05) is 19.5 Å². The van der Waals surface area contributed by atoms with Crippen LogP contribution in [0.15, 0.2) is 30.3 Å². The molecule has 0 aliphatic rings. The van der Waals surface area contributed by atoms with Crippen molar-refractivity contribution < 1.29 is 14.3 Å². The lowest BCUT2D eigenvalue weighted by Crippen LogP contribution is -2.10. The summed E-state index contributed by atoms with van der Waals surface area (Å²) in [6.07, 6.45) is 0.869. The fourth-order valence-corrected chi connectivity index (χ4v) is 3.34. The molecule has 4 heteroatoms. The monoisotopic (exact) mass is 376 g/mol. The van der Waals surface area contributed by atoms with Crippen molar-refractivity contribution in [1.29, 1.82) is 0 Å². The van der Waals surface area contributed by atoms with Crippen LogP contribution in [0.5, 0.6) is 5.75 Å². The van der Waals surface area contributed by atoms with E-state index in [4.69, 9.17) is 9.47 Å². The van der Waals surface area contributed by atoms with Gasteiger partial charge in [-0.2, -0.15) is 0 Å². The lowest BCUT2D eigenvalue weighted by atomic mass is 9.88. The van der Waals surface area contributed by atoms with Gasteiger partial charge >= 0.3 is 5.97 Å². The summed E-state index contributed by atoms with van der Waals surface area (Å²) in [5.74, 6) is 0.420. The van der Waals surface area contributed by atoms with E-state index in [1.807, 2.05) is 31.2 Å². The van der Waals surface area contributed by atoms with E-state index in [0.29, 0.717) is 5.56 Å². The molecule has 3 nitrogen and oxygen atoms in total. The molecule has 0 radical (unpaired) electrons. The van der Waals surface area contributed by atoms with Gasteiger partial charge in [-0.05, 0) is 43.0 Å². The van der Waals surface area contributed by atoms with Crippen molar-refractivity contribution in [1.82, 2.24) is 0 Å². The predicted octanol–water partition coefficient (Wildman–Crippen LogP) is 4.70. The largest absolute Gasteiger partial charge is 0.496 e. The van der Waals surface area contributed by atoms with Crippen molar-refractivity contribution >= 4 is 21.9 Å². The van der Waals surface area contributed by atoms with Crippen molar-refractivity contribution in [3.05, 3.63) is 52.6 Å². The van der Waals surface area contributed by atoms with Gasteiger partial charge in [0.15, 0.2) is 0 Å². The van der Waals surface area contributed by atoms with Crippen LogP contribution in [0.4, 0.5) is 0 Å². The summed E-state index contributed by atoms with van der Waals surface area (Å²) in [5, 5.41) is 0.850. The molecule has 0 N–H and O–H groups in total. The van der Waals surface area contributed by atoms with Crippen LogP contribution >= 0.6 is 15.9 Å². The van der Waals surface area contributed by atoms with Gasteiger partial charge in [0.1, 0.15) is 5.75 Å². The summed E-state index contributed by atoms with van der Waals surface area (Å²) in [6.45, 7) is 4.06. The van der Waals surface area contributed by atoms with Gasteiger partial charge in [-0.25, -0.2) is 4.79 Å². The maximum Gasteiger partial charge on any atom is 0.338 e. The maximum atomic E-state index is 12.4. The van der Waals surface area contributed by atoms with E-state index < -0.39 is 0 Å². The lowest BCUT2D eigenvalue weighted by molar-refractivity contribution is 0.0600. The molecule has 0 atom stereocenters. The predicted molar refractivity (Wildman–Crippen MR) is 96.7 cm³/mol. The number of esters is 1. The van der Waals surface area contributed by atoms with E-state index >= 15 is 0 Å². The molecule has 0 unspecified atom stereocenters. The van der Waals surface area contributed by atoms with Gasteiger partial charge in [-0.1, -0.05) is 40.2 Å². The molecule has 2 rings (SSSR count). The minimum atomic E-state index is -0.320. The number of halogens is 1. The highest BCUT2D eigenvalue weighted by Gasteiger charge is 2.22. The minimum absolute atomic E-state index is 0.320. The molecule has 0 spiro atoms. The number of benzene rings is 2. The van der Waals surface area contributed by atoms with Gasteiger partial charge in [0.05, 0.1) is 19.8 Å². The molecule has 122 valence electrons. The number of carbonyl (C=O) groups is 1. The molecule has 0 saturated carbocycles. The third-order valence-electron chi connectivity index (χ3n) is 4.07. The summed E-state index contributed by atoms with van der Waals surface area (Å²) >= 11 is 3.48. The Balaban J connectivity index is 2.79. The zero-order valence-corrected chi connectivity index (χ0v) is 15.5. The number of hydrogen-bond donors (Lipinski definition) is 0. The third kappa shape index (κ3) is 3.42. The number of para-hydroxylation sites is 1. The highest BCUT2D eigenvalue weighted by molar-refractivity contribution is 9.09. The summed E-state index contributed by atoms with van der Waals surface area (Å²) in [4.78, 5) is 12.4. The van der Waals surface area contributed by atoms with Gasteiger partial charge in [-0.15, -0.1) is 0 Å². The summed E-state index contributed by atoms with van der Waals surface area (Å²) in [6, 6.07) is 9.77. The first-order chi connectivity index (χ1) is 11.0. The van der Waals surface area contributed by atoms with Crippen molar-refractivity contribution in [3.8, 4) is 16.9 Å². The Hall–Kier alpha value is -1.81. The maximum absolute atomic E-state index is 12.4. The smallest absolute Gasteiger partial charge is 0.338 e. The highest BCUT2D eigenvalue weighted by Crippen LogP contribution is 2.36. The van der Waals surface area contributed by atoms with Crippen LogP contribution in [0.2, 0.25) is 0 Å². The Morgan fingerprint density at radius 1 is 1.13 bits per heavy atom. The van der Waals surface area contributed by atoms with Crippen LogP contribution in [-0.2, 0) is 11.2 Å². The van der Waals surface area contributed by atoms with E-state index in [1.165, 1.54) is 12.7 Å². The second-order valence-corrected chi connectivity index (χ2v) is 6.14. The second-order valence-electron chi connectivity index (χ2n) is 5.35. The first kappa shape index (κ1) is 17.5. The van der Waals surface area contributed by atoms with Crippen LogP contribution in [0, 0.1) is 13.8 Å². The lowest BCUT2D eigenvalue weighted by Gasteiger charge is -2.19. The Labute approximate surface area is 145 Å². The van der Waals surface area contributed by atoms with Crippen LogP contribution in [-0.4, -0.2) is 25.5 Å². The topological polar surface area (TPSA) is 35.5 Å². The van der Waals surface area contributed by atoms with E-state index in [9.17, 15) is 4.79 Å². The Morgan fingerprint density at radius 3 is 2.43 bits per heavy atom. The minimum Gasteiger partial charge on any atom is -0.496 e. The summed E-state index contributed by atoms with van der Waals surface area (Å²) in [5.41, 5.74) is 5.67. The van der Waals surface area contributed by atoms with Crippen LogP contribution < -0.4 is 4.74 Å². The molecule has 2 aromatic rings. The molecule has 2 aromatic carbocycles. The number of ether oxygens (including phenoxy) is 2. The van der Waals surface area contributed by atoms with Gasteiger partial charge < -0.3 is 9.47 Å². The summed E-state index contributed by atoms with van der Waals surface area (Å²) in [7, 11) is 3.05. The number of methoxy groups -OCH3 is 2. The standard InChI is InChI=1S/C19H21BrO3/c1-12-11-16(15-7-5-6-8-17(15)22-3)18(19(21)23-4)13(2)14(12)9-10-20/h5-8,11H,9-10H2,1-4H3. The van der Waals surface area contributed by atoms with Crippen molar-refractivity contribution in [3.63, 3.8) is 0 Å². The first-order valence-electron chi connectivity index (χ1n) is 7.45. The zero-order valence-electron chi connectivity index (χ0n) is 13.9. The van der Waals surface area contributed by atoms with Gasteiger partial charge in [0.2, 0.25) is 0 Å². The Morgan fingerprint density at radius 2 is 1.83 bits per heavy atom. The number of alkyl halides is 1. The van der Waals surface area contributed by atoms with Crippen LogP contribution in [0.25, 0.3) is 11.1 Å². The average Bonchev–Trinajstić information content (AvgIpc) is 2.57. The number of aryl methyl sites for hydroxylation is 1. The molecule has 0 fully saturated rings. The fourth-order valence-electron chi connectivity index (χ4n) is 2.95. The SMILES string of the molecule is COC(=O)c1c(-c2ccccc2OC)cc(C)c(CCBr)c1C. The number of carbonyl (C=O) groups excluding carboxylic acids is 1. The quantitative estimate of drug-likeness (QED) is 0.560. The van der Waals surface area contributed by atoms with Crippen LogP contribution in [0.3, 0.4) is 0 Å². The zero-order chi connectivity index (χ0) is 17.0. The van der Waals surface area contributed by atoms with Crippen molar-refractivity contribution in [2.45, 2.75) is 20.3 Å². The Bertz CT molecular complexity index is 723. The van der Waals surface area contributed by atoms with E-state index in [0.717, 1.165) is 39.8 Å². The second kappa shape index (κ2) is 7.64. The molecule has 0 aliphatic carbocycles. The van der Waals surface area contributed by atoms with E-state index in [1.54, 1.807) is 7.11 Å². The first-order valence-corrected chi connectivity index (χ1v) is 8.58. The van der Waals surface area contributed by atoms with E-state index in [2.05, 4.69) is 28.9 Å². The van der Waals surface area contributed by atoms with Gasteiger partial charge in [0.25, 0.3) is 0 Å². The molecule has 0 amide bonds. The highest BCUT2D eigenvalue weighted by atomic mass is 79.9. The van der Waals surface area contributed by atoms with E-state index in [-0.39, 0.29) is 5.97 Å². The van der Waals surface area contributed by atoms with Crippen LogP contribution in [0.1, 0.15) is 27.0 Å². The molecule has 23 heavy (non-hydrogen) atoms. The number of hydrogen-bond acceptors (Lipinski definition) is 3. The molecule has 0 aliphatic heterocycles. The molecule has 0 aromatic heterocycles. The van der Waals surface area contributed by atoms with Crippen molar-refractivity contribution in [2.24, 2.45) is 0 Å². The molecular formula is C19H21BrO3. The third-order valence-corrected chi connectivity index (χ3v) is 4.46. The van der Waals surface area contributed by atoms with Gasteiger partial charge in [-0.3, -0.25) is 0 Å². The molecule has 0 bridgehead atoms. The summed E-state index contributed by atoms with van der Waals surface area (Å²) < 4.78 is 10.5. The Kier molecular flexibility index (Phi) is 5.83.